The van der Waals surface area contributed by atoms with Gasteiger partial charge in [0.25, 0.3) is 0 Å². The molecule has 0 atom stereocenters. The number of benzene rings is 2. The third-order valence-electron chi connectivity index (χ3n) is 3.46. The Kier molecular flexibility index (Phi) is 4.08. The van der Waals surface area contributed by atoms with E-state index in [1.54, 1.807) is 32.4 Å². The molecule has 0 spiro atoms. The fraction of sp³-hybridized carbons (Fsp3) is 0.118. The Morgan fingerprint density at radius 3 is 2.61 bits per heavy atom. The van der Waals surface area contributed by atoms with E-state index in [0.717, 1.165) is 10.1 Å². The maximum absolute atomic E-state index is 11.6. The maximum Gasteiger partial charge on any atom is 0.348 e. The molecule has 0 fully saturated rings. The minimum atomic E-state index is -0.957. The summed E-state index contributed by atoms with van der Waals surface area (Å²) >= 11 is 1.24. The van der Waals surface area contributed by atoms with Gasteiger partial charge >= 0.3 is 5.97 Å². The highest BCUT2D eigenvalue weighted by Crippen LogP contribution is 2.40. The van der Waals surface area contributed by atoms with Crippen LogP contribution in [0.4, 0.5) is 11.4 Å². The van der Waals surface area contributed by atoms with Crippen LogP contribution in [0.1, 0.15) is 9.67 Å². The van der Waals surface area contributed by atoms with Crippen molar-refractivity contribution in [1.29, 1.82) is 0 Å². The van der Waals surface area contributed by atoms with Gasteiger partial charge in [-0.05, 0) is 18.2 Å². The quantitative estimate of drug-likeness (QED) is 0.728. The number of anilines is 2. The van der Waals surface area contributed by atoms with Crippen molar-refractivity contribution in [2.24, 2.45) is 0 Å². The van der Waals surface area contributed by atoms with Gasteiger partial charge in [0, 0.05) is 16.2 Å². The van der Waals surface area contributed by atoms with Crippen molar-refractivity contribution < 1.29 is 19.4 Å². The lowest BCUT2D eigenvalue weighted by molar-refractivity contribution is 0.0703. The summed E-state index contributed by atoms with van der Waals surface area (Å²) in [5.41, 5.74) is 1.25. The lowest BCUT2D eigenvalue weighted by atomic mass is 10.2. The summed E-state index contributed by atoms with van der Waals surface area (Å²) in [6.07, 6.45) is 0. The van der Waals surface area contributed by atoms with Gasteiger partial charge in [-0.1, -0.05) is 18.2 Å². The van der Waals surface area contributed by atoms with E-state index in [0.29, 0.717) is 22.9 Å². The Labute approximate surface area is 137 Å². The average Bonchev–Trinajstić information content (AvgIpc) is 2.94. The number of rotatable bonds is 5. The number of methoxy groups -OCH3 is 2. The molecule has 3 rings (SSSR count). The number of carboxylic acid groups (broad SMARTS) is 1. The second kappa shape index (κ2) is 6.18. The summed E-state index contributed by atoms with van der Waals surface area (Å²) in [6.45, 7) is 0. The Morgan fingerprint density at radius 2 is 1.91 bits per heavy atom. The normalized spacial score (nSPS) is 10.5. The molecule has 2 aromatic carbocycles. The number of hydrogen-bond acceptors (Lipinski definition) is 5. The van der Waals surface area contributed by atoms with Gasteiger partial charge in [0.1, 0.15) is 16.4 Å². The fourth-order valence-electron chi connectivity index (χ4n) is 2.36. The van der Waals surface area contributed by atoms with Crippen molar-refractivity contribution in [3.05, 3.63) is 47.3 Å². The summed E-state index contributed by atoms with van der Waals surface area (Å²) < 4.78 is 11.5. The first-order chi connectivity index (χ1) is 11.1. The van der Waals surface area contributed by atoms with E-state index in [1.807, 2.05) is 24.3 Å². The van der Waals surface area contributed by atoms with Gasteiger partial charge in [0.15, 0.2) is 0 Å². The lowest BCUT2D eigenvalue weighted by Gasteiger charge is -2.12. The molecule has 0 unspecified atom stereocenters. The topological polar surface area (TPSA) is 67.8 Å². The van der Waals surface area contributed by atoms with Crippen LogP contribution in [-0.4, -0.2) is 25.3 Å². The first-order valence-corrected chi connectivity index (χ1v) is 7.69. The second-order valence-corrected chi connectivity index (χ2v) is 5.85. The van der Waals surface area contributed by atoms with Gasteiger partial charge in [0.2, 0.25) is 0 Å². The molecule has 23 heavy (non-hydrogen) atoms. The number of thiophene rings is 1. The van der Waals surface area contributed by atoms with Crippen LogP contribution in [0.3, 0.4) is 0 Å². The predicted octanol–water partition coefficient (Wildman–Crippen LogP) is 4.36. The molecule has 118 valence electrons. The Hall–Kier alpha value is -2.73. The number of carbonyl (C=O) groups is 1. The zero-order valence-electron chi connectivity index (χ0n) is 12.6. The van der Waals surface area contributed by atoms with Crippen molar-refractivity contribution >= 4 is 38.8 Å². The molecular weight excluding hydrogens is 314 g/mol. The van der Waals surface area contributed by atoms with E-state index in [1.165, 1.54) is 11.3 Å². The molecule has 0 bridgehead atoms. The highest BCUT2D eigenvalue weighted by atomic mass is 32.1. The highest BCUT2D eigenvalue weighted by Gasteiger charge is 2.19. The zero-order valence-corrected chi connectivity index (χ0v) is 13.4. The Morgan fingerprint density at radius 1 is 1.13 bits per heavy atom. The molecule has 0 amide bonds. The molecule has 0 saturated heterocycles. The number of fused-ring (bicyclic) bond motifs is 1. The van der Waals surface area contributed by atoms with Crippen LogP contribution in [0.5, 0.6) is 11.5 Å². The van der Waals surface area contributed by atoms with Crippen molar-refractivity contribution in [1.82, 2.24) is 0 Å². The number of carboxylic acids is 1. The van der Waals surface area contributed by atoms with Crippen molar-refractivity contribution in [3.8, 4) is 11.5 Å². The van der Waals surface area contributed by atoms with Gasteiger partial charge in [-0.15, -0.1) is 11.3 Å². The molecule has 0 aliphatic carbocycles. The van der Waals surface area contributed by atoms with Crippen LogP contribution >= 0.6 is 11.3 Å². The number of nitrogens with one attached hydrogen (secondary N) is 1. The van der Waals surface area contributed by atoms with E-state index in [4.69, 9.17) is 9.47 Å². The molecule has 5 nitrogen and oxygen atoms in total. The van der Waals surface area contributed by atoms with E-state index in [2.05, 4.69) is 5.32 Å². The minimum Gasteiger partial charge on any atom is -0.497 e. The van der Waals surface area contributed by atoms with E-state index >= 15 is 0 Å². The summed E-state index contributed by atoms with van der Waals surface area (Å²) in [5.74, 6) is 0.290. The molecule has 0 aliphatic heterocycles. The van der Waals surface area contributed by atoms with Crippen molar-refractivity contribution in [2.45, 2.75) is 0 Å². The van der Waals surface area contributed by atoms with Crippen LogP contribution < -0.4 is 14.8 Å². The van der Waals surface area contributed by atoms with Gasteiger partial charge < -0.3 is 19.9 Å². The number of hydrogen-bond donors (Lipinski definition) is 2. The monoisotopic (exact) mass is 329 g/mol. The predicted molar refractivity (Wildman–Crippen MR) is 91.6 cm³/mol. The van der Waals surface area contributed by atoms with E-state index in [9.17, 15) is 9.90 Å². The van der Waals surface area contributed by atoms with Crippen LogP contribution in [0.2, 0.25) is 0 Å². The molecule has 0 radical (unpaired) electrons. The third kappa shape index (κ3) is 2.80. The molecular formula is C17H15NO4S. The first-order valence-electron chi connectivity index (χ1n) is 6.88. The second-order valence-electron chi connectivity index (χ2n) is 4.80. The van der Waals surface area contributed by atoms with Crippen LogP contribution in [-0.2, 0) is 0 Å². The molecule has 6 heteroatoms. The largest absolute Gasteiger partial charge is 0.497 e. The maximum atomic E-state index is 11.6. The van der Waals surface area contributed by atoms with Crippen LogP contribution in [0.15, 0.2) is 42.5 Å². The van der Waals surface area contributed by atoms with Crippen LogP contribution in [0.25, 0.3) is 10.1 Å². The third-order valence-corrected chi connectivity index (χ3v) is 4.62. The molecule has 3 aromatic rings. The van der Waals surface area contributed by atoms with E-state index in [-0.39, 0.29) is 4.88 Å². The molecule has 1 aromatic heterocycles. The SMILES string of the molecule is COc1ccc(Nc2c(C(=O)O)sc3ccccc23)c(OC)c1. The smallest absolute Gasteiger partial charge is 0.348 e. The molecule has 1 heterocycles. The molecule has 0 saturated carbocycles. The summed E-state index contributed by atoms with van der Waals surface area (Å²) in [5, 5.41) is 13.5. The van der Waals surface area contributed by atoms with Crippen molar-refractivity contribution in [3.63, 3.8) is 0 Å². The first kappa shape index (κ1) is 15.2. The Balaban J connectivity index is 2.11. The van der Waals surface area contributed by atoms with Crippen molar-refractivity contribution in [2.75, 3.05) is 19.5 Å². The molecule has 2 N–H and O–H groups in total. The average molecular weight is 329 g/mol. The standard InChI is InChI=1S/C17H15NO4S/c1-21-10-7-8-12(13(9-10)22-2)18-15-11-5-3-4-6-14(11)23-16(15)17(19)20/h3-9,18H,1-2H3,(H,19,20). The number of ether oxygens (including phenoxy) is 2. The summed E-state index contributed by atoms with van der Waals surface area (Å²) in [4.78, 5) is 11.8. The number of aromatic carboxylic acids is 1. The van der Waals surface area contributed by atoms with Gasteiger partial charge in [-0.3, -0.25) is 0 Å². The van der Waals surface area contributed by atoms with E-state index < -0.39 is 5.97 Å². The highest BCUT2D eigenvalue weighted by molar-refractivity contribution is 7.21. The van der Waals surface area contributed by atoms with Gasteiger partial charge in [-0.2, -0.15) is 0 Å². The zero-order chi connectivity index (χ0) is 16.4. The molecule has 0 aliphatic rings. The van der Waals surface area contributed by atoms with Crippen LogP contribution in [0, 0.1) is 0 Å². The Bertz CT molecular complexity index is 872. The summed E-state index contributed by atoms with van der Waals surface area (Å²) in [6, 6.07) is 12.9. The minimum absolute atomic E-state index is 0.268. The fourth-order valence-corrected chi connectivity index (χ4v) is 3.35. The lowest BCUT2D eigenvalue weighted by Crippen LogP contribution is -2.00. The van der Waals surface area contributed by atoms with Gasteiger partial charge in [-0.25, -0.2) is 4.79 Å². The summed E-state index contributed by atoms with van der Waals surface area (Å²) in [7, 11) is 3.14. The van der Waals surface area contributed by atoms with Gasteiger partial charge in [0.05, 0.1) is 25.6 Å².